The lowest BCUT2D eigenvalue weighted by atomic mass is 9.42. The van der Waals surface area contributed by atoms with Crippen molar-refractivity contribution in [3.05, 3.63) is 12.2 Å². The van der Waals surface area contributed by atoms with Crippen molar-refractivity contribution in [1.29, 1.82) is 0 Å². The zero-order valence-corrected chi connectivity index (χ0v) is 14.3. The second-order valence-corrected chi connectivity index (χ2v) is 9.43. The Hall–Kier alpha value is -0.790. The van der Waals surface area contributed by atoms with Gasteiger partial charge < -0.3 is 5.11 Å². The SMILES string of the molecule is C[C@@H]1C[C@]23CC[C@H]4C(C)(C(=O)O)C=CC[C@]4(C)[C@H]2CC[C@@H]1C3. The van der Waals surface area contributed by atoms with Crippen LogP contribution in [0.3, 0.4) is 0 Å². The van der Waals surface area contributed by atoms with Crippen LogP contribution in [0.4, 0.5) is 0 Å². The molecule has 1 spiro atoms. The molecule has 122 valence electrons. The first-order valence-electron chi connectivity index (χ1n) is 9.23. The van der Waals surface area contributed by atoms with Crippen molar-refractivity contribution < 1.29 is 9.90 Å². The maximum Gasteiger partial charge on any atom is 0.313 e. The number of aliphatic carboxylic acids is 1. The Morgan fingerprint density at radius 1 is 1.14 bits per heavy atom. The fourth-order valence-electron chi connectivity index (χ4n) is 7.55. The molecule has 0 amide bonds. The smallest absolute Gasteiger partial charge is 0.313 e. The van der Waals surface area contributed by atoms with E-state index in [1.807, 2.05) is 13.0 Å². The molecule has 4 aliphatic rings. The maximum absolute atomic E-state index is 12.0. The number of hydrogen-bond donors (Lipinski definition) is 1. The summed E-state index contributed by atoms with van der Waals surface area (Å²) < 4.78 is 0. The lowest BCUT2D eigenvalue weighted by molar-refractivity contribution is -0.164. The lowest BCUT2D eigenvalue weighted by Crippen LogP contribution is -2.57. The van der Waals surface area contributed by atoms with Gasteiger partial charge in [-0.15, -0.1) is 0 Å². The standard InChI is InChI=1S/C20H30O2/c1-13-11-20-10-7-15-18(2,16(20)6-5-14(13)12-20)8-4-9-19(15,3)17(21)22/h4,9,13-16H,5-8,10-12H2,1-3H3,(H,21,22)/t13-,14-,15-,16-,18+,19?,20+/m1/s1. The minimum Gasteiger partial charge on any atom is -0.481 e. The van der Waals surface area contributed by atoms with Crippen LogP contribution in [0.25, 0.3) is 0 Å². The van der Waals surface area contributed by atoms with Gasteiger partial charge in [0, 0.05) is 0 Å². The van der Waals surface area contributed by atoms with Crippen LogP contribution in [0.2, 0.25) is 0 Å². The van der Waals surface area contributed by atoms with Gasteiger partial charge in [0.2, 0.25) is 0 Å². The molecule has 4 aliphatic carbocycles. The van der Waals surface area contributed by atoms with Gasteiger partial charge in [-0.3, -0.25) is 4.79 Å². The number of carboxylic acids is 1. The summed E-state index contributed by atoms with van der Waals surface area (Å²) in [6.07, 6.45) is 13.2. The van der Waals surface area contributed by atoms with E-state index in [9.17, 15) is 9.90 Å². The van der Waals surface area contributed by atoms with Gasteiger partial charge in [-0.25, -0.2) is 0 Å². The molecule has 0 aromatic carbocycles. The van der Waals surface area contributed by atoms with E-state index in [1.54, 1.807) is 0 Å². The maximum atomic E-state index is 12.0. The fourth-order valence-corrected chi connectivity index (χ4v) is 7.55. The predicted molar refractivity (Wildman–Crippen MR) is 87.4 cm³/mol. The molecule has 0 aromatic heterocycles. The molecule has 22 heavy (non-hydrogen) atoms. The Balaban J connectivity index is 1.76. The summed E-state index contributed by atoms with van der Waals surface area (Å²) >= 11 is 0. The van der Waals surface area contributed by atoms with Gasteiger partial charge in [0.25, 0.3) is 0 Å². The third-order valence-electron chi connectivity index (χ3n) is 8.50. The van der Waals surface area contributed by atoms with Gasteiger partial charge in [-0.1, -0.05) is 26.0 Å². The van der Waals surface area contributed by atoms with Crippen LogP contribution in [-0.4, -0.2) is 11.1 Å². The molecular formula is C20H30O2. The highest BCUT2D eigenvalue weighted by molar-refractivity contribution is 5.77. The highest BCUT2D eigenvalue weighted by atomic mass is 16.4. The normalized spacial score (nSPS) is 56.3. The molecule has 2 heteroatoms. The molecule has 0 saturated heterocycles. The fraction of sp³-hybridized carbons (Fsp3) is 0.850. The second-order valence-electron chi connectivity index (χ2n) is 9.43. The zero-order valence-electron chi connectivity index (χ0n) is 14.3. The summed E-state index contributed by atoms with van der Waals surface area (Å²) in [5.74, 6) is 2.26. The van der Waals surface area contributed by atoms with Gasteiger partial charge in [0.05, 0.1) is 5.41 Å². The summed E-state index contributed by atoms with van der Waals surface area (Å²) in [6, 6.07) is 0. The quantitative estimate of drug-likeness (QED) is 0.700. The lowest BCUT2D eigenvalue weighted by Gasteiger charge is -2.62. The Labute approximate surface area is 134 Å². The van der Waals surface area contributed by atoms with Gasteiger partial charge in [0.15, 0.2) is 0 Å². The molecule has 3 saturated carbocycles. The van der Waals surface area contributed by atoms with E-state index in [0.29, 0.717) is 11.3 Å². The van der Waals surface area contributed by atoms with Crippen LogP contribution >= 0.6 is 0 Å². The molecule has 7 atom stereocenters. The minimum atomic E-state index is -0.657. The second kappa shape index (κ2) is 4.39. The van der Waals surface area contributed by atoms with Crippen molar-refractivity contribution in [3.8, 4) is 0 Å². The highest BCUT2D eigenvalue weighted by Gasteiger charge is 2.64. The van der Waals surface area contributed by atoms with Gasteiger partial charge in [0.1, 0.15) is 0 Å². The van der Waals surface area contributed by atoms with Gasteiger partial charge in [-0.05, 0) is 86.4 Å². The average Bonchev–Trinajstić information content (AvgIpc) is 2.68. The van der Waals surface area contributed by atoms with Crippen LogP contribution < -0.4 is 0 Å². The Bertz CT molecular complexity index is 534. The molecule has 2 bridgehead atoms. The van der Waals surface area contributed by atoms with E-state index < -0.39 is 11.4 Å². The van der Waals surface area contributed by atoms with E-state index >= 15 is 0 Å². The Morgan fingerprint density at radius 3 is 2.64 bits per heavy atom. The summed E-state index contributed by atoms with van der Waals surface area (Å²) in [4.78, 5) is 12.0. The molecule has 4 rings (SSSR count). The number of rotatable bonds is 1. The average molecular weight is 302 g/mol. The van der Waals surface area contributed by atoms with Crippen LogP contribution in [0.5, 0.6) is 0 Å². The largest absolute Gasteiger partial charge is 0.481 e. The van der Waals surface area contributed by atoms with Crippen LogP contribution in [0.15, 0.2) is 12.2 Å². The summed E-state index contributed by atoms with van der Waals surface area (Å²) in [7, 11) is 0. The number of hydrogen-bond acceptors (Lipinski definition) is 1. The first-order chi connectivity index (χ1) is 10.3. The van der Waals surface area contributed by atoms with Crippen LogP contribution in [0.1, 0.15) is 65.7 Å². The molecule has 3 fully saturated rings. The molecule has 0 aromatic rings. The van der Waals surface area contributed by atoms with Gasteiger partial charge in [-0.2, -0.15) is 0 Å². The van der Waals surface area contributed by atoms with Crippen LogP contribution in [0, 0.1) is 39.9 Å². The van der Waals surface area contributed by atoms with Crippen LogP contribution in [-0.2, 0) is 4.79 Å². The molecule has 1 unspecified atom stereocenters. The van der Waals surface area contributed by atoms with E-state index in [0.717, 1.165) is 30.6 Å². The Kier molecular flexibility index (Phi) is 2.95. The number of allylic oxidation sites excluding steroid dienone is 1. The molecule has 1 N–H and O–H groups in total. The van der Waals surface area contributed by atoms with E-state index in [4.69, 9.17) is 0 Å². The first-order valence-corrected chi connectivity index (χ1v) is 9.23. The van der Waals surface area contributed by atoms with Crippen molar-refractivity contribution in [2.45, 2.75) is 65.7 Å². The van der Waals surface area contributed by atoms with Gasteiger partial charge >= 0.3 is 5.97 Å². The Morgan fingerprint density at radius 2 is 1.91 bits per heavy atom. The summed E-state index contributed by atoms with van der Waals surface area (Å²) in [6.45, 7) is 6.85. The van der Waals surface area contributed by atoms with Crippen molar-refractivity contribution in [3.63, 3.8) is 0 Å². The van der Waals surface area contributed by atoms with E-state index in [2.05, 4.69) is 19.9 Å². The van der Waals surface area contributed by atoms with Crippen molar-refractivity contribution in [2.75, 3.05) is 0 Å². The summed E-state index contributed by atoms with van der Waals surface area (Å²) in [5.41, 5.74) is 0.0724. The highest BCUT2D eigenvalue weighted by Crippen LogP contribution is 2.71. The van der Waals surface area contributed by atoms with Crippen molar-refractivity contribution in [2.24, 2.45) is 39.9 Å². The summed E-state index contributed by atoms with van der Waals surface area (Å²) in [5, 5.41) is 9.87. The number of carboxylic acid groups (broad SMARTS) is 1. The monoisotopic (exact) mass is 302 g/mol. The third-order valence-corrected chi connectivity index (χ3v) is 8.50. The molecular weight excluding hydrogens is 272 g/mol. The van der Waals surface area contributed by atoms with Crippen molar-refractivity contribution >= 4 is 5.97 Å². The topological polar surface area (TPSA) is 37.3 Å². The molecule has 0 aliphatic heterocycles. The third kappa shape index (κ3) is 1.65. The molecule has 2 nitrogen and oxygen atoms in total. The molecule has 0 heterocycles. The number of fused-ring (bicyclic) bond motifs is 3. The zero-order chi connectivity index (χ0) is 15.8. The van der Waals surface area contributed by atoms with E-state index in [1.165, 1.54) is 32.1 Å². The number of carbonyl (C=O) groups is 1. The first kappa shape index (κ1) is 14.8. The minimum absolute atomic E-state index is 0.190. The van der Waals surface area contributed by atoms with E-state index in [-0.39, 0.29) is 5.41 Å². The van der Waals surface area contributed by atoms with Crippen molar-refractivity contribution in [1.82, 2.24) is 0 Å². The molecule has 0 radical (unpaired) electrons. The predicted octanol–water partition coefficient (Wildman–Crippen LogP) is 4.90.